The van der Waals surface area contributed by atoms with Gasteiger partial charge in [0.25, 0.3) is 0 Å². The summed E-state index contributed by atoms with van der Waals surface area (Å²) < 4.78 is 5.22. The van der Waals surface area contributed by atoms with Crippen molar-refractivity contribution in [2.24, 2.45) is 0 Å². The number of nitrogens with zero attached hydrogens (tertiary/aromatic N) is 1. The number of methoxy groups -OCH3 is 1. The molecule has 1 N–H and O–H groups in total. The third-order valence-corrected chi connectivity index (χ3v) is 5.08. The quantitative estimate of drug-likeness (QED) is 0.792. The van der Waals surface area contributed by atoms with Crippen molar-refractivity contribution in [3.63, 3.8) is 0 Å². The number of ether oxygens (including phenoxy) is 1. The molecule has 0 aliphatic rings. The number of nitrogens with one attached hydrogen (secondary N) is 1. The van der Waals surface area contributed by atoms with Crippen LogP contribution < -0.4 is 5.32 Å². The van der Waals surface area contributed by atoms with E-state index in [0.717, 1.165) is 23.0 Å². The van der Waals surface area contributed by atoms with Crippen LogP contribution in [0.25, 0.3) is 0 Å². The van der Waals surface area contributed by atoms with Gasteiger partial charge in [-0.15, -0.1) is 23.1 Å². The lowest BCUT2D eigenvalue weighted by atomic mass is 10.2. The van der Waals surface area contributed by atoms with Crippen molar-refractivity contribution in [1.29, 1.82) is 0 Å². The third kappa shape index (κ3) is 4.31. The van der Waals surface area contributed by atoms with E-state index in [-0.39, 0.29) is 0 Å². The Labute approximate surface area is 128 Å². The molecule has 0 saturated heterocycles. The molecule has 0 amide bonds. The van der Waals surface area contributed by atoms with Crippen LogP contribution >= 0.6 is 23.1 Å². The second-order valence-corrected chi connectivity index (χ2v) is 6.76. The van der Waals surface area contributed by atoms with E-state index in [1.54, 1.807) is 18.4 Å². The molecule has 0 spiro atoms. The van der Waals surface area contributed by atoms with Crippen molar-refractivity contribution in [2.45, 2.75) is 30.7 Å². The fourth-order valence-electron chi connectivity index (χ4n) is 1.90. The molecule has 0 aliphatic carbocycles. The molecule has 1 heterocycles. The lowest BCUT2D eigenvalue weighted by molar-refractivity contribution is 0.181. The van der Waals surface area contributed by atoms with Crippen LogP contribution in [0.3, 0.4) is 0 Å². The van der Waals surface area contributed by atoms with Crippen LogP contribution in [-0.2, 0) is 23.6 Å². The molecule has 0 radical (unpaired) electrons. The molecule has 0 fully saturated rings. The Morgan fingerprint density at radius 1 is 1.40 bits per heavy atom. The van der Waals surface area contributed by atoms with Crippen LogP contribution in [0.4, 0.5) is 0 Å². The summed E-state index contributed by atoms with van der Waals surface area (Å²) in [5.41, 5.74) is 2.36. The summed E-state index contributed by atoms with van der Waals surface area (Å²) in [6, 6.07) is 8.58. The zero-order valence-electron chi connectivity index (χ0n) is 12.1. The minimum atomic E-state index is 0.586. The second-order valence-electron chi connectivity index (χ2n) is 4.55. The van der Waals surface area contributed by atoms with E-state index in [9.17, 15) is 0 Å². The van der Waals surface area contributed by atoms with Gasteiger partial charge in [0.2, 0.25) is 0 Å². The van der Waals surface area contributed by atoms with E-state index < -0.39 is 0 Å². The van der Waals surface area contributed by atoms with Crippen LogP contribution in [-0.4, -0.2) is 19.1 Å². The minimum absolute atomic E-state index is 0.586. The number of benzene rings is 1. The third-order valence-electron chi connectivity index (χ3n) is 2.79. The van der Waals surface area contributed by atoms with Gasteiger partial charge in [0.15, 0.2) is 0 Å². The van der Waals surface area contributed by atoms with E-state index >= 15 is 0 Å². The van der Waals surface area contributed by atoms with Gasteiger partial charge in [-0.2, -0.15) is 0 Å². The zero-order chi connectivity index (χ0) is 14.4. The van der Waals surface area contributed by atoms with Gasteiger partial charge in [0.1, 0.15) is 5.01 Å². The fraction of sp³-hybridized carbons (Fsp3) is 0.400. The standard InChI is InChI=1S/C15H20N2OS2/c1-11-5-4-6-12(7-11)19-10-15-17-13(9-18-3)14(20-15)8-16-2/h4-7,16H,8-10H2,1-3H3. The van der Waals surface area contributed by atoms with Crippen molar-refractivity contribution < 1.29 is 4.74 Å². The van der Waals surface area contributed by atoms with E-state index in [1.807, 2.05) is 18.8 Å². The maximum absolute atomic E-state index is 5.22. The topological polar surface area (TPSA) is 34.2 Å². The van der Waals surface area contributed by atoms with E-state index in [1.165, 1.54) is 15.3 Å². The predicted molar refractivity (Wildman–Crippen MR) is 86.3 cm³/mol. The molecule has 108 valence electrons. The molecule has 3 nitrogen and oxygen atoms in total. The van der Waals surface area contributed by atoms with Gasteiger partial charge in [-0.3, -0.25) is 0 Å². The number of aryl methyl sites for hydroxylation is 1. The van der Waals surface area contributed by atoms with Gasteiger partial charge in [-0.05, 0) is 26.1 Å². The van der Waals surface area contributed by atoms with E-state index in [2.05, 4.69) is 41.5 Å². The first-order valence-electron chi connectivity index (χ1n) is 6.53. The average molecular weight is 308 g/mol. The van der Waals surface area contributed by atoms with Crippen molar-refractivity contribution in [2.75, 3.05) is 14.2 Å². The van der Waals surface area contributed by atoms with E-state index in [4.69, 9.17) is 4.74 Å². The SMILES string of the molecule is CNCc1sc(CSc2cccc(C)c2)nc1COC. The molecule has 2 rings (SSSR count). The first-order chi connectivity index (χ1) is 9.72. The monoisotopic (exact) mass is 308 g/mol. The highest BCUT2D eigenvalue weighted by molar-refractivity contribution is 7.98. The number of aromatic nitrogens is 1. The molecule has 0 aliphatic heterocycles. The molecule has 2 aromatic rings. The summed E-state index contributed by atoms with van der Waals surface area (Å²) in [4.78, 5) is 7.26. The molecule has 1 aromatic carbocycles. The number of hydrogen-bond donors (Lipinski definition) is 1. The fourth-order valence-corrected chi connectivity index (χ4v) is 3.99. The first kappa shape index (κ1) is 15.5. The lowest BCUT2D eigenvalue weighted by Gasteiger charge is -2.00. The van der Waals surface area contributed by atoms with Crippen LogP contribution in [0, 0.1) is 6.92 Å². The largest absolute Gasteiger partial charge is 0.378 e. The number of thiazole rings is 1. The summed E-state index contributed by atoms with van der Waals surface area (Å²) in [5.74, 6) is 0.911. The lowest BCUT2D eigenvalue weighted by Crippen LogP contribution is -2.06. The first-order valence-corrected chi connectivity index (χ1v) is 8.33. The second kappa shape index (κ2) is 7.78. The molecular weight excluding hydrogens is 288 g/mol. The van der Waals surface area contributed by atoms with Gasteiger partial charge in [0.05, 0.1) is 18.1 Å². The highest BCUT2D eigenvalue weighted by Crippen LogP contribution is 2.27. The Hall–Kier alpha value is -0.880. The normalized spacial score (nSPS) is 10.9. The van der Waals surface area contributed by atoms with Crippen LogP contribution in [0.5, 0.6) is 0 Å². The van der Waals surface area contributed by atoms with Crippen molar-refractivity contribution in [3.05, 3.63) is 45.4 Å². The number of rotatable bonds is 7. The van der Waals surface area contributed by atoms with Gasteiger partial charge in [-0.1, -0.05) is 17.7 Å². The summed E-state index contributed by atoms with van der Waals surface area (Å²) >= 11 is 3.61. The van der Waals surface area contributed by atoms with Gasteiger partial charge < -0.3 is 10.1 Å². The van der Waals surface area contributed by atoms with Gasteiger partial charge in [0, 0.05) is 23.4 Å². The Morgan fingerprint density at radius 2 is 2.25 bits per heavy atom. The average Bonchev–Trinajstić information content (AvgIpc) is 2.80. The summed E-state index contributed by atoms with van der Waals surface area (Å²) in [6.45, 7) is 3.56. The Bertz CT molecular complexity index is 531. The highest BCUT2D eigenvalue weighted by Gasteiger charge is 2.10. The molecule has 0 unspecified atom stereocenters. The van der Waals surface area contributed by atoms with Crippen molar-refractivity contribution >= 4 is 23.1 Å². The van der Waals surface area contributed by atoms with Crippen LogP contribution in [0.15, 0.2) is 29.2 Å². The van der Waals surface area contributed by atoms with Crippen LogP contribution in [0.1, 0.15) is 21.1 Å². The van der Waals surface area contributed by atoms with Gasteiger partial charge in [-0.25, -0.2) is 4.98 Å². The Balaban J connectivity index is 2.03. The molecule has 20 heavy (non-hydrogen) atoms. The van der Waals surface area contributed by atoms with Crippen LogP contribution in [0.2, 0.25) is 0 Å². The Kier molecular flexibility index (Phi) is 6.04. The van der Waals surface area contributed by atoms with E-state index in [0.29, 0.717) is 6.61 Å². The summed E-state index contributed by atoms with van der Waals surface area (Å²) in [6.07, 6.45) is 0. The maximum atomic E-state index is 5.22. The summed E-state index contributed by atoms with van der Waals surface area (Å²) in [5, 5.41) is 4.35. The molecule has 0 atom stereocenters. The smallest absolute Gasteiger partial charge is 0.104 e. The molecular formula is C15H20N2OS2. The molecule has 0 saturated carbocycles. The molecule has 5 heteroatoms. The summed E-state index contributed by atoms with van der Waals surface area (Å²) in [7, 11) is 3.67. The number of hydrogen-bond acceptors (Lipinski definition) is 5. The Morgan fingerprint density at radius 3 is 2.95 bits per heavy atom. The predicted octanol–water partition coefficient (Wildman–Crippen LogP) is 3.61. The number of thioether (sulfide) groups is 1. The van der Waals surface area contributed by atoms with Gasteiger partial charge >= 0.3 is 0 Å². The minimum Gasteiger partial charge on any atom is -0.378 e. The molecule has 1 aromatic heterocycles. The van der Waals surface area contributed by atoms with Crippen molar-refractivity contribution in [1.82, 2.24) is 10.3 Å². The van der Waals surface area contributed by atoms with Crippen molar-refractivity contribution in [3.8, 4) is 0 Å². The highest BCUT2D eigenvalue weighted by atomic mass is 32.2. The zero-order valence-corrected chi connectivity index (χ0v) is 13.7. The maximum Gasteiger partial charge on any atom is 0.104 e. The molecule has 0 bridgehead atoms.